The van der Waals surface area contributed by atoms with Crippen LogP contribution in [0.5, 0.6) is 0 Å². The van der Waals surface area contributed by atoms with Crippen LogP contribution in [0.1, 0.15) is 11.1 Å². The van der Waals surface area contributed by atoms with Crippen LogP contribution in [0, 0.1) is 5.82 Å². The van der Waals surface area contributed by atoms with Crippen LogP contribution in [0.4, 0.5) is 4.39 Å². The predicted molar refractivity (Wildman–Crippen MR) is 99.6 cm³/mol. The van der Waals surface area contributed by atoms with E-state index in [9.17, 15) is 9.18 Å². The largest absolute Gasteiger partial charge is 0.378 e. The summed E-state index contributed by atoms with van der Waals surface area (Å²) in [5.41, 5.74) is 8.08. The minimum atomic E-state index is -0.326. The first-order chi connectivity index (χ1) is 12.1. The number of thioether (sulfide) groups is 1. The van der Waals surface area contributed by atoms with Crippen LogP contribution in [-0.4, -0.2) is 15.6 Å². The lowest BCUT2D eigenvalue weighted by Crippen LogP contribution is -2.01. The number of benzene rings is 2. The van der Waals surface area contributed by atoms with E-state index in [2.05, 4.69) is 4.99 Å². The maximum atomic E-state index is 14.0. The minimum Gasteiger partial charge on any atom is -0.378 e. The Kier molecular flexibility index (Phi) is 3.89. The van der Waals surface area contributed by atoms with Crippen molar-refractivity contribution in [3.63, 3.8) is 0 Å². The van der Waals surface area contributed by atoms with Crippen molar-refractivity contribution in [2.75, 3.05) is 0 Å². The van der Waals surface area contributed by atoms with Crippen LogP contribution in [0.15, 0.2) is 64.6 Å². The van der Waals surface area contributed by atoms with E-state index < -0.39 is 0 Å². The normalized spacial score (nSPS) is 16.0. The van der Waals surface area contributed by atoms with Crippen molar-refractivity contribution in [1.29, 1.82) is 0 Å². The number of amidine groups is 1. The molecule has 0 unspecified atom stereocenters. The monoisotopic (exact) mass is 351 g/mol. The molecular formula is C19H14FN3OS. The van der Waals surface area contributed by atoms with Crippen LogP contribution < -0.4 is 5.73 Å². The second-order valence-corrected chi connectivity index (χ2v) is 6.75. The molecule has 4 rings (SSSR count). The highest BCUT2D eigenvalue weighted by Crippen LogP contribution is 2.30. The first kappa shape index (κ1) is 15.7. The quantitative estimate of drug-likeness (QED) is 0.731. The number of para-hydroxylation sites is 1. The van der Waals surface area contributed by atoms with Crippen LogP contribution in [0.3, 0.4) is 0 Å². The standard InChI is InChI=1S/C19H14FN3OS/c20-15-7-3-1-5-12(15)10-23-11-13(14-6-2-4-8-16(14)23)9-17-18(24)22-19(21)25-17/h1-9,11H,10H2,(H2,21,22,24). The summed E-state index contributed by atoms with van der Waals surface area (Å²) in [5.74, 6) is -0.559. The lowest BCUT2D eigenvalue weighted by molar-refractivity contribution is -0.113. The number of fused-ring (bicyclic) bond motifs is 1. The van der Waals surface area contributed by atoms with Gasteiger partial charge in [0.15, 0.2) is 5.17 Å². The lowest BCUT2D eigenvalue weighted by Gasteiger charge is -2.06. The van der Waals surface area contributed by atoms with Crippen LogP contribution >= 0.6 is 11.8 Å². The molecule has 124 valence electrons. The van der Waals surface area contributed by atoms with Crippen molar-refractivity contribution in [2.45, 2.75) is 6.54 Å². The summed E-state index contributed by atoms with van der Waals surface area (Å²) in [6.07, 6.45) is 3.71. The van der Waals surface area contributed by atoms with Crippen molar-refractivity contribution in [1.82, 2.24) is 4.57 Å². The number of rotatable bonds is 3. The Morgan fingerprint density at radius 2 is 1.92 bits per heavy atom. The summed E-state index contributed by atoms with van der Waals surface area (Å²) in [4.78, 5) is 16.1. The van der Waals surface area contributed by atoms with E-state index >= 15 is 0 Å². The lowest BCUT2D eigenvalue weighted by atomic mass is 10.1. The highest BCUT2D eigenvalue weighted by Gasteiger charge is 2.20. The SMILES string of the molecule is NC1=NC(=O)C(=Cc2cn(Cc3ccccc3F)c3ccccc23)S1. The smallest absolute Gasteiger partial charge is 0.286 e. The third kappa shape index (κ3) is 2.96. The van der Waals surface area contributed by atoms with Crippen molar-refractivity contribution >= 4 is 39.8 Å². The molecule has 0 spiro atoms. The molecule has 25 heavy (non-hydrogen) atoms. The first-order valence-electron chi connectivity index (χ1n) is 7.71. The summed E-state index contributed by atoms with van der Waals surface area (Å²) in [6.45, 7) is 0.413. The molecule has 1 aliphatic rings. The van der Waals surface area contributed by atoms with Crippen molar-refractivity contribution in [3.8, 4) is 0 Å². The summed E-state index contributed by atoms with van der Waals surface area (Å²) in [7, 11) is 0. The van der Waals surface area contributed by atoms with Crippen LogP contribution in [0.2, 0.25) is 0 Å². The Balaban J connectivity index is 1.79. The maximum Gasteiger partial charge on any atom is 0.286 e. The Labute approximate surface area is 147 Å². The molecule has 0 radical (unpaired) electrons. The highest BCUT2D eigenvalue weighted by molar-refractivity contribution is 8.18. The number of hydrogen-bond donors (Lipinski definition) is 1. The summed E-state index contributed by atoms with van der Waals surface area (Å²) in [5, 5.41) is 1.25. The molecule has 1 aliphatic heterocycles. The van der Waals surface area contributed by atoms with Crippen molar-refractivity contribution < 1.29 is 9.18 Å². The van der Waals surface area contributed by atoms with E-state index in [4.69, 9.17) is 5.73 Å². The maximum absolute atomic E-state index is 14.0. The summed E-state index contributed by atoms with van der Waals surface area (Å²) >= 11 is 1.16. The van der Waals surface area contributed by atoms with E-state index in [1.807, 2.05) is 41.1 Å². The number of carbonyl (C=O) groups excluding carboxylic acids is 1. The highest BCUT2D eigenvalue weighted by atomic mass is 32.2. The van der Waals surface area contributed by atoms with E-state index in [0.29, 0.717) is 17.0 Å². The predicted octanol–water partition coefficient (Wildman–Crippen LogP) is 3.76. The zero-order chi connectivity index (χ0) is 17.4. The van der Waals surface area contributed by atoms with Gasteiger partial charge in [-0.25, -0.2) is 4.39 Å². The molecule has 0 fully saturated rings. The van der Waals surface area contributed by atoms with Gasteiger partial charge in [-0.05, 0) is 30.0 Å². The molecule has 2 N–H and O–H groups in total. The Bertz CT molecular complexity index is 1050. The second kappa shape index (κ2) is 6.22. The van der Waals surface area contributed by atoms with Gasteiger partial charge in [-0.2, -0.15) is 4.99 Å². The van der Waals surface area contributed by atoms with Gasteiger partial charge in [0.2, 0.25) is 0 Å². The Morgan fingerprint density at radius 3 is 2.68 bits per heavy atom. The van der Waals surface area contributed by atoms with Gasteiger partial charge in [-0.1, -0.05) is 36.4 Å². The van der Waals surface area contributed by atoms with Gasteiger partial charge in [0.25, 0.3) is 5.91 Å². The van der Waals surface area contributed by atoms with Crippen LogP contribution in [-0.2, 0) is 11.3 Å². The molecule has 0 bridgehead atoms. The number of nitrogens with zero attached hydrogens (tertiary/aromatic N) is 2. The first-order valence-corrected chi connectivity index (χ1v) is 8.53. The van der Waals surface area contributed by atoms with Gasteiger partial charge in [0.05, 0.1) is 11.4 Å². The average Bonchev–Trinajstić information content (AvgIpc) is 3.10. The average molecular weight is 351 g/mol. The zero-order valence-corrected chi connectivity index (χ0v) is 14.0. The topological polar surface area (TPSA) is 60.4 Å². The number of aliphatic imine (C=N–C) groups is 1. The van der Waals surface area contributed by atoms with E-state index in [-0.39, 0.29) is 16.9 Å². The van der Waals surface area contributed by atoms with Crippen molar-refractivity contribution in [3.05, 3.63) is 76.6 Å². The molecule has 0 atom stereocenters. The third-order valence-electron chi connectivity index (χ3n) is 4.04. The number of nitrogens with two attached hydrogens (primary N) is 1. The molecule has 6 heteroatoms. The minimum absolute atomic E-state index is 0.233. The van der Waals surface area contributed by atoms with Gasteiger partial charge < -0.3 is 10.3 Å². The van der Waals surface area contributed by atoms with E-state index in [1.165, 1.54) is 6.07 Å². The van der Waals surface area contributed by atoms with Gasteiger partial charge in [0, 0.05) is 28.2 Å². The van der Waals surface area contributed by atoms with Gasteiger partial charge in [0.1, 0.15) is 5.82 Å². The molecule has 0 saturated carbocycles. The molecule has 4 nitrogen and oxygen atoms in total. The molecule has 1 aromatic heterocycles. The fourth-order valence-corrected chi connectivity index (χ4v) is 3.57. The molecule has 2 aromatic carbocycles. The Morgan fingerprint density at radius 1 is 1.16 bits per heavy atom. The molecule has 3 aromatic rings. The van der Waals surface area contributed by atoms with E-state index in [1.54, 1.807) is 18.2 Å². The number of aromatic nitrogens is 1. The zero-order valence-electron chi connectivity index (χ0n) is 13.1. The summed E-state index contributed by atoms with van der Waals surface area (Å²) < 4.78 is 16.0. The number of carbonyl (C=O) groups is 1. The van der Waals surface area contributed by atoms with Gasteiger partial charge >= 0.3 is 0 Å². The van der Waals surface area contributed by atoms with Crippen molar-refractivity contribution in [2.24, 2.45) is 10.7 Å². The molecule has 1 amide bonds. The Hall–Kier alpha value is -2.86. The fraction of sp³-hybridized carbons (Fsp3) is 0.0526. The summed E-state index contributed by atoms with van der Waals surface area (Å²) in [6, 6.07) is 14.6. The van der Waals surface area contributed by atoms with Gasteiger partial charge in [-0.15, -0.1) is 0 Å². The molecular weight excluding hydrogens is 337 g/mol. The number of hydrogen-bond acceptors (Lipinski definition) is 3. The second-order valence-electron chi connectivity index (χ2n) is 5.69. The molecule has 0 aliphatic carbocycles. The number of halogens is 1. The molecule has 0 saturated heterocycles. The van der Waals surface area contributed by atoms with E-state index in [0.717, 1.165) is 28.2 Å². The van der Waals surface area contributed by atoms with Gasteiger partial charge in [-0.3, -0.25) is 4.79 Å². The molecule has 2 heterocycles. The van der Waals surface area contributed by atoms with Crippen LogP contribution in [0.25, 0.3) is 17.0 Å². The fourth-order valence-electron chi connectivity index (χ4n) is 2.90. The third-order valence-corrected chi connectivity index (χ3v) is 4.85. The number of amides is 1.